The Kier molecular flexibility index (Phi) is 4.00. The third-order valence-corrected chi connectivity index (χ3v) is 0.867. The molecule has 9 heavy (non-hydrogen) atoms. The molecule has 0 unspecified atom stereocenters. The summed E-state index contributed by atoms with van der Waals surface area (Å²) in [6, 6.07) is 0. The van der Waals surface area contributed by atoms with E-state index in [1.54, 1.807) is 0 Å². The summed E-state index contributed by atoms with van der Waals surface area (Å²) in [7, 11) is 2.79. The number of hydroxylamine groups is 2. The Morgan fingerprint density at radius 3 is 2.67 bits per heavy atom. The summed E-state index contributed by atoms with van der Waals surface area (Å²) in [5.74, 6) is -0.309. The van der Waals surface area contributed by atoms with Crippen molar-refractivity contribution in [1.82, 2.24) is 5.06 Å². The zero-order valence-corrected chi connectivity index (χ0v) is 5.63. The van der Waals surface area contributed by atoms with Gasteiger partial charge < -0.3 is 9.94 Å². The van der Waals surface area contributed by atoms with Crippen LogP contribution in [0.25, 0.3) is 0 Å². The van der Waals surface area contributed by atoms with Gasteiger partial charge in [-0.3, -0.25) is 4.79 Å². The van der Waals surface area contributed by atoms with Crippen LogP contribution in [0.5, 0.6) is 0 Å². The third-order valence-electron chi connectivity index (χ3n) is 0.867. The SMILES string of the molecule is COC(=O)CCN(C)O. The Labute approximate surface area is 54.0 Å². The summed E-state index contributed by atoms with van der Waals surface area (Å²) < 4.78 is 4.32. The lowest BCUT2D eigenvalue weighted by Crippen LogP contribution is -2.17. The summed E-state index contributed by atoms with van der Waals surface area (Å²) >= 11 is 0. The molecule has 0 atom stereocenters. The van der Waals surface area contributed by atoms with Crippen molar-refractivity contribution in [3.05, 3.63) is 0 Å². The van der Waals surface area contributed by atoms with E-state index in [4.69, 9.17) is 5.21 Å². The monoisotopic (exact) mass is 133 g/mol. The highest BCUT2D eigenvalue weighted by Crippen LogP contribution is 1.84. The molecule has 0 bridgehead atoms. The van der Waals surface area contributed by atoms with Gasteiger partial charge in [-0.25, -0.2) is 0 Å². The minimum Gasteiger partial charge on any atom is -0.469 e. The molecule has 0 aliphatic rings. The second-order valence-electron chi connectivity index (χ2n) is 1.71. The molecule has 0 spiro atoms. The number of carbonyl (C=O) groups excluding carboxylic acids is 1. The number of ether oxygens (including phenoxy) is 1. The summed E-state index contributed by atoms with van der Waals surface area (Å²) in [6.45, 7) is 0.312. The molecule has 0 rings (SSSR count). The highest BCUT2D eigenvalue weighted by atomic mass is 16.5. The van der Waals surface area contributed by atoms with Gasteiger partial charge in [0.25, 0.3) is 0 Å². The molecule has 0 aromatic carbocycles. The Bertz CT molecular complexity index is 92.2. The zero-order valence-electron chi connectivity index (χ0n) is 5.63. The Hall–Kier alpha value is -0.610. The number of nitrogens with zero attached hydrogens (tertiary/aromatic N) is 1. The summed E-state index contributed by atoms with van der Waals surface area (Å²) in [5.41, 5.74) is 0. The first-order chi connectivity index (χ1) is 4.16. The van der Waals surface area contributed by atoms with E-state index in [0.717, 1.165) is 5.06 Å². The number of rotatable bonds is 3. The predicted octanol–water partition coefficient (Wildman–Crippen LogP) is -0.130. The molecule has 0 saturated carbocycles. The van der Waals surface area contributed by atoms with Crippen molar-refractivity contribution in [3.63, 3.8) is 0 Å². The van der Waals surface area contributed by atoms with E-state index >= 15 is 0 Å². The highest BCUT2D eigenvalue weighted by molar-refractivity contribution is 5.69. The van der Waals surface area contributed by atoms with E-state index in [9.17, 15) is 4.79 Å². The van der Waals surface area contributed by atoms with Crippen LogP contribution in [-0.2, 0) is 9.53 Å². The van der Waals surface area contributed by atoms with Gasteiger partial charge in [-0.15, -0.1) is 0 Å². The lowest BCUT2D eigenvalue weighted by molar-refractivity contribution is -0.144. The van der Waals surface area contributed by atoms with Crippen LogP contribution in [0, 0.1) is 0 Å². The molecular formula is C5H11NO3. The van der Waals surface area contributed by atoms with Crippen LogP contribution in [0.1, 0.15) is 6.42 Å². The largest absolute Gasteiger partial charge is 0.469 e. The van der Waals surface area contributed by atoms with E-state index < -0.39 is 0 Å². The van der Waals surface area contributed by atoms with Crippen molar-refractivity contribution in [2.24, 2.45) is 0 Å². The van der Waals surface area contributed by atoms with Gasteiger partial charge in [0, 0.05) is 13.6 Å². The molecule has 0 radical (unpaired) electrons. The average molecular weight is 133 g/mol. The summed E-state index contributed by atoms with van der Waals surface area (Å²) in [4.78, 5) is 10.4. The van der Waals surface area contributed by atoms with Crippen LogP contribution >= 0.6 is 0 Å². The minimum absolute atomic E-state index is 0.226. The van der Waals surface area contributed by atoms with Crippen LogP contribution in [0.2, 0.25) is 0 Å². The summed E-state index contributed by atoms with van der Waals surface area (Å²) in [6.07, 6.45) is 0.226. The van der Waals surface area contributed by atoms with Gasteiger partial charge in [0.1, 0.15) is 0 Å². The quantitative estimate of drug-likeness (QED) is 0.430. The maximum Gasteiger partial charge on any atom is 0.306 e. The predicted molar refractivity (Wildman–Crippen MR) is 31.0 cm³/mol. The molecule has 0 fully saturated rings. The van der Waals surface area contributed by atoms with Crippen LogP contribution in [0.15, 0.2) is 0 Å². The Balaban J connectivity index is 3.17. The summed E-state index contributed by atoms with van der Waals surface area (Å²) in [5, 5.41) is 9.46. The van der Waals surface area contributed by atoms with Crippen molar-refractivity contribution in [1.29, 1.82) is 0 Å². The molecule has 0 aromatic heterocycles. The minimum atomic E-state index is -0.309. The first-order valence-corrected chi connectivity index (χ1v) is 2.63. The number of hydrogen-bond acceptors (Lipinski definition) is 4. The van der Waals surface area contributed by atoms with Crippen LogP contribution in [0.3, 0.4) is 0 Å². The smallest absolute Gasteiger partial charge is 0.306 e. The maximum absolute atomic E-state index is 10.4. The molecule has 0 aliphatic carbocycles. The van der Waals surface area contributed by atoms with Gasteiger partial charge >= 0.3 is 5.97 Å². The van der Waals surface area contributed by atoms with Crippen molar-refractivity contribution in [3.8, 4) is 0 Å². The lowest BCUT2D eigenvalue weighted by Gasteiger charge is -2.04. The molecule has 0 saturated heterocycles. The van der Waals surface area contributed by atoms with E-state index in [0.29, 0.717) is 6.54 Å². The standard InChI is InChI=1S/C5H11NO3/c1-6(8)4-3-5(7)9-2/h8H,3-4H2,1-2H3. The highest BCUT2D eigenvalue weighted by Gasteiger charge is 1.99. The number of esters is 1. The molecule has 54 valence electrons. The fourth-order valence-corrected chi connectivity index (χ4v) is 0.355. The second-order valence-corrected chi connectivity index (χ2v) is 1.71. The molecular weight excluding hydrogens is 122 g/mol. The average Bonchev–Trinajstić information content (AvgIpc) is 1.83. The van der Waals surface area contributed by atoms with Crippen molar-refractivity contribution >= 4 is 5.97 Å². The van der Waals surface area contributed by atoms with Crippen LogP contribution in [-0.4, -0.2) is 36.9 Å². The Morgan fingerprint density at radius 1 is 1.78 bits per heavy atom. The van der Waals surface area contributed by atoms with E-state index in [1.807, 2.05) is 0 Å². The van der Waals surface area contributed by atoms with Gasteiger partial charge in [0.2, 0.25) is 0 Å². The van der Waals surface area contributed by atoms with E-state index in [1.165, 1.54) is 14.2 Å². The fraction of sp³-hybridized carbons (Fsp3) is 0.800. The molecule has 4 nitrogen and oxygen atoms in total. The number of hydrogen-bond donors (Lipinski definition) is 1. The van der Waals surface area contributed by atoms with E-state index in [-0.39, 0.29) is 12.4 Å². The van der Waals surface area contributed by atoms with Crippen molar-refractivity contribution in [2.45, 2.75) is 6.42 Å². The van der Waals surface area contributed by atoms with Crippen molar-refractivity contribution in [2.75, 3.05) is 20.7 Å². The van der Waals surface area contributed by atoms with Gasteiger partial charge in [-0.1, -0.05) is 0 Å². The van der Waals surface area contributed by atoms with Crippen molar-refractivity contribution < 1.29 is 14.7 Å². The third kappa shape index (κ3) is 5.26. The molecule has 0 heterocycles. The zero-order chi connectivity index (χ0) is 7.28. The van der Waals surface area contributed by atoms with Gasteiger partial charge in [-0.05, 0) is 0 Å². The first-order valence-electron chi connectivity index (χ1n) is 2.63. The molecule has 0 aliphatic heterocycles. The lowest BCUT2D eigenvalue weighted by atomic mass is 10.4. The fourth-order valence-electron chi connectivity index (χ4n) is 0.355. The first kappa shape index (κ1) is 8.39. The maximum atomic E-state index is 10.4. The number of carbonyl (C=O) groups is 1. The van der Waals surface area contributed by atoms with E-state index in [2.05, 4.69) is 4.74 Å². The molecule has 0 amide bonds. The topological polar surface area (TPSA) is 49.8 Å². The van der Waals surface area contributed by atoms with Gasteiger partial charge in [-0.2, -0.15) is 5.06 Å². The normalized spacial score (nSPS) is 9.78. The van der Waals surface area contributed by atoms with Crippen LogP contribution in [0.4, 0.5) is 0 Å². The Morgan fingerprint density at radius 2 is 2.33 bits per heavy atom. The van der Waals surface area contributed by atoms with Gasteiger partial charge in [0.05, 0.1) is 13.5 Å². The van der Waals surface area contributed by atoms with Crippen LogP contribution < -0.4 is 0 Å². The second kappa shape index (κ2) is 4.29. The van der Waals surface area contributed by atoms with Gasteiger partial charge in [0.15, 0.2) is 0 Å². The molecule has 1 N–H and O–H groups in total. The molecule has 0 aromatic rings. The number of methoxy groups -OCH3 is 1. The molecule has 4 heteroatoms.